The zero-order chi connectivity index (χ0) is 16.1. The van der Waals surface area contributed by atoms with Crippen molar-refractivity contribution in [1.82, 2.24) is 4.98 Å². The molecule has 118 valence electrons. The summed E-state index contributed by atoms with van der Waals surface area (Å²) in [5.41, 5.74) is 9.20. The van der Waals surface area contributed by atoms with E-state index in [1.54, 1.807) is 18.7 Å². The minimum atomic E-state index is 0.467. The van der Waals surface area contributed by atoms with E-state index in [1.165, 1.54) is 11.3 Å². The van der Waals surface area contributed by atoms with Crippen LogP contribution < -0.4 is 20.6 Å². The van der Waals surface area contributed by atoms with Crippen LogP contribution in [0.2, 0.25) is 0 Å². The maximum atomic E-state index is 5.59. The number of methoxy groups -OCH3 is 1. The van der Waals surface area contributed by atoms with Crippen LogP contribution in [0.3, 0.4) is 0 Å². The van der Waals surface area contributed by atoms with Crippen molar-refractivity contribution < 1.29 is 9.47 Å². The van der Waals surface area contributed by atoms with E-state index in [2.05, 4.69) is 47.4 Å². The summed E-state index contributed by atoms with van der Waals surface area (Å²) in [6.07, 6.45) is 1.66. The third kappa shape index (κ3) is 3.90. The van der Waals surface area contributed by atoms with Gasteiger partial charge in [-0.3, -0.25) is 5.43 Å². The molecule has 0 aliphatic heterocycles. The number of nitrogens with one attached hydrogen (secondary N) is 1. The lowest BCUT2D eigenvalue weighted by atomic mass is 10.2. The minimum absolute atomic E-state index is 0.467. The van der Waals surface area contributed by atoms with E-state index in [0.29, 0.717) is 29.1 Å². The molecule has 0 bridgehead atoms. The molecule has 1 aromatic carbocycles. The van der Waals surface area contributed by atoms with Crippen molar-refractivity contribution in [2.75, 3.05) is 24.9 Å². The second kappa shape index (κ2) is 7.80. The van der Waals surface area contributed by atoms with Crippen LogP contribution in [0.25, 0.3) is 0 Å². The Balaban J connectivity index is 2.25. The van der Waals surface area contributed by atoms with Crippen molar-refractivity contribution >= 4 is 60.4 Å². The van der Waals surface area contributed by atoms with E-state index in [-0.39, 0.29) is 0 Å². The highest BCUT2D eigenvalue weighted by Crippen LogP contribution is 2.42. The van der Waals surface area contributed by atoms with Gasteiger partial charge in [0.25, 0.3) is 0 Å². The van der Waals surface area contributed by atoms with Crippen molar-refractivity contribution in [2.24, 2.45) is 5.10 Å². The fourth-order valence-electron chi connectivity index (χ4n) is 1.62. The number of hydrogen-bond donors (Lipinski definition) is 2. The molecule has 6 nitrogen and oxygen atoms in total. The van der Waals surface area contributed by atoms with E-state index in [4.69, 9.17) is 15.2 Å². The molecule has 2 aromatic rings. The first-order valence-corrected chi connectivity index (χ1v) is 8.72. The van der Waals surface area contributed by atoms with Crippen LogP contribution in [0.4, 0.5) is 10.9 Å². The molecular formula is C13H14Br2N4O2S. The van der Waals surface area contributed by atoms with Crippen LogP contribution in [0.15, 0.2) is 25.5 Å². The molecule has 0 spiro atoms. The first kappa shape index (κ1) is 17.0. The number of nitrogen functional groups attached to an aromatic ring is 1. The van der Waals surface area contributed by atoms with E-state index in [9.17, 15) is 0 Å². The van der Waals surface area contributed by atoms with Gasteiger partial charge in [-0.2, -0.15) is 5.10 Å². The molecule has 0 aliphatic carbocycles. The Morgan fingerprint density at radius 3 is 2.82 bits per heavy atom. The van der Waals surface area contributed by atoms with Crippen LogP contribution in [0.5, 0.6) is 11.5 Å². The van der Waals surface area contributed by atoms with Crippen molar-refractivity contribution in [2.45, 2.75) is 6.92 Å². The molecule has 0 atom stereocenters. The topological polar surface area (TPSA) is 81.8 Å². The summed E-state index contributed by atoms with van der Waals surface area (Å²) < 4.78 is 12.5. The van der Waals surface area contributed by atoms with Crippen LogP contribution >= 0.6 is 43.2 Å². The van der Waals surface area contributed by atoms with Crippen LogP contribution in [0, 0.1) is 0 Å². The van der Waals surface area contributed by atoms with Gasteiger partial charge in [-0.05, 0) is 44.8 Å². The number of halogens is 2. The lowest BCUT2D eigenvalue weighted by Gasteiger charge is -2.14. The fraction of sp³-hybridized carbons (Fsp3) is 0.231. The lowest BCUT2D eigenvalue weighted by Crippen LogP contribution is -1.99. The zero-order valence-electron chi connectivity index (χ0n) is 11.9. The molecule has 3 N–H and O–H groups in total. The van der Waals surface area contributed by atoms with Gasteiger partial charge in [-0.25, -0.2) is 4.98 Å². The van der Waals surface area contributed by atoms with E-state index in [1.807, 2.05) is 13.0 Å². The summed E-state index contributed by atoms with van der Waals surface area (Å²) >= 11 is 8.41. The average Bonchev–Trinajstić information content (AvgIpc) is 2.92. The van der Waals surface area contributed by atoms with Gasteiger partial charge in [0.1, 0.15) is 5.82 Å². The fourth-order valence-corrected chi connectivity index (χ4v) is 3.11. The van der Waals surface area contributed by atoms with E-state index in [0.717, 1.165) is 14.5 Å². The molecule has 1 aromatic heterocycles. The Morgan fingerprint density at radius 2 is 2.23 bits per heavy atom. The van der Waals surface area contributed by atoms with Crippen molar-refractivity contribution in [3.8, 4) is 11.5 Å². The van der Waals surface area contributed by atoms with Crippen LogP contribution in [-0.4, -0.2) is 24.9 Å². The molecule has 0 fully saturated rings. The Labute approximate surface area is 149 Å². The van der Waals surface area contributed by atoms with Gasteiger partial charge in [0.05, 0.1) is 24.4 Å². The second-order valence-electron chi connectivity index (χ2n) is 4.01. The zero-order valence-corrected chi connectivity index (χ0v) is 15.9. The normalized spacial score (nSPS) is 10.9. The van der Waals surface area contributed by atoms with Gasteiger partial charge in [-0.15, -0.1) is 11.3 Å². The highest BCUT2D eigenvalue weighted by atomic mass is 79.9. The number of rotatable bonds is 6. The molecular weight excluding hydrogens is 436 g/mol. The summed E-state index contributed by atoms with van der Waals surface area (Å²) in [6, 6.07) is 1.83. The van der Waals surface area contributed by atoms with Gasteiger partial charge in [0.2, 0.25) is 5.13 Å². The maximum absolute atomic E-state index is 5.59. The standard InChI is InChI=1S/C13H14Br2N4O2S/c1-3-21-12-8(20-2)4-7(10(14)11(12)15)5-17-19-13-18-9(16)6-22-13/h4-6H,3,16H2,1-2H3,(H,18,19). The van der Waals surface area contributed by atoms with Crippen molar-refractivity contribution in [3.05, 3.63) is 26.0 Å². The number of hydrazone groups is 1. The van der Waals surface area contributed by atoms with Gasteiger partial charge in [-0.1, -0.05) is 0 Å². The number of aromatic nitrogens is 1. The SMILES string of the molecule is CCOc1c(OC)cc(C=NNc2nc(N)cs2)c(Br)c1Br. The van der Waals surface area contributed by atoms with Gasteiger partial charge >= 0.3 is 0 Å². The molecule has 0 aliphatic rings. The molecule has 1 heterocycles. The molecule has 0 saturated heterocycles. The molecule has 22 heavy (non-hydrogen) atoms. The minimum Gasteiger partial charge on any atom is -0.493 e. The predicted molar refractivity (Wildman–Crippen MR) is 97.3 cm³/mol. The Kier molecular flexibility index (Phi) is 6.04. The monoisotopic (exact) mass is 448 g/mol. The van der Waals surface area contributed by atoms with Crippen LogP contribution in [-0.2, 0) is 0 Å². The number of nitrogens with two attached hydrogens (primary N) is 1. The maximum Gasteiger partial charge on any atom is 0.205 e. The van der Waals surface area contributed by atoms with Crippen molar-refractivity contribution in [3.63, 3.8) is 0 Å². The number of nitrogens with zero attached hydrogens (tertiary/aromatic N) is 2. The largest absolute Gasteiger partial charge is 0.493 e. The Morgan fingerprint density at radius 1 is 1.45 bits per heavy atom. The predicted octanol–water partition coefficient (Wildman–Crippen LogP) is 4.10. The quantitative estimate of drug-likeness (QED) is 0.512. The number of anilines is 2. The smallest absolute Gasteiger partial charge is 0.205 e. The number of hydrogen-bond acceptors (Lipinski definition) is 7. The highest BCUT2D eigenvalue weighted by Gasteiger charge is 2.15. The second-order valence-corrected chi connectivity index (χ2v) is 6.45. The summed E-state index contributed by atoms with van der Waals surface area (Å²) in [4.78, 5) is 4.06. The number of ether oxygens (including phenoxy) is 2. The average molecular weight is 450 g/mol. The van der Waals surface area contributed by atoms with Gasteiger partial charge in [0.15, 0.2) is 11.5 Å². The third-order valence-corrected chi connectivity index (χ3v) is 5.46. The first-order chi connectivity index (χ1) is 10.6. The van der Waals surface area contributed by atoms with Gasteiger partial charge < -0.3 is 15.2 Å². The Hall–Kier alpha value is -1.32. The van der Waals surface area contributed by atoms with Gasteiger partial charge in [0, 0.05) is 15.4 Å². The molecule has 0 saturated carbocycles. The van der Waals surface area contributed by atoms with Crippen molar-refractivity contribution in [1.29, 1.82) is 0 Å². The molecule has 0 amide bonds. The van der Waals surface area contributed by atoms with E-state index < -0.39 is 0 Å². The summed E-state index contributed by atoms with van der Waals surface area (Å²) in [5, 5.41) is 6.52. The molecule has 0 unspecified atom stereocenters. The molecule has 9 heteroatoms. The number of benzene rings is 1. The lowest BCUT2D eigenvalue weighted by molar-refractivity contribution is 0.308. The molecule has 0 radical (unpaired) electrons. The highest BCUT2D eigenvalue weighted by molar-refractivity contribution is 9.13. The van der Waals surface area contributed by atoms with Crippen LogP contribution in [0.1, 0.15) is 12.5 Å². The Bertz CT molecular complexity index is 691. The number of thiazole rings is 1. The van der Waals surface area contributed by atoms with E-state index >= 15 is 0 Å². The summed E-state index contributed by atoms with van der Waals surface area (Å²) in [6.45, 7) is 2.46. The first-order valence-electron chi connectivity index (χ1n) is 6.25. The third-order valence-electron chi connectivity index (χ3n) is 2.55. The molecule has 2 rings (SSSR count). The summed E-state index contributed by atoms with van der Waals surface area (Å²) in [7, 11) is 1.59. The summed E-state index contributed by atoms with van der Waals surface area (Å²) in [5.74, 6) is 1.74.